The third-order valence-corrected chi connectivity index (χ3v) is 8.61. The molecule has 20 heteroatoms. The highest BCUT2D eigenvalue weighted by molar-refractivity contribution is 8.00. The Balaban J connectivity index is 1.49. The Bertz CT molecular complexity index is 1670. The van der Waals surface area contributed by atoms with E-state index in [2.05, 4.69) is 24.8 Å². The summed E-state index contributed by atoms with van der Waals surface area (Å²) >= 11 is 2.06. The normalized spacial score (nSPS) is 18.3. The maximum atomic E-state index is 13.3. The third kappa shape index (κ3) is 7.46. The molecule has 9 N–H and O–H groups in total. The summed E-state index contributed by atoms with van der Waals surface area (Å²) in [6.07, 6.45) is 5.99. The Hall–Kier alpha value is -4.95. The minimum absolute atomic E-state index is 0.0272. The maximum Gasteiger partial charge on any atom is 0.352 e. The predicted octanol–water partition coefficient (Wildman–Crippen LogP) is -0.658. The van der Waals surface area contributed by atoms with Crippen LogP contribution in [0.4, 0.5) is 16.6 Å². The second kappa shape index (κ2) is 14.0. The molecular weight excluding hydrogens is 644 g/mol. The minimum Gasteiger partial charge on any atom is -0.478 e. The van der Waals surface area contributed by atoms with Crippen LogP contribution in [0.25, 0.3) is 0 Å². The van der Waals surface area contributed by atoms with Crippen LogP contribution in [-0.4, -0.2) is 88.0 Å². The average Bonchev–Trinajstić information content (AvgIpc) is 3.42. The van der Waals surface area contributed by atoms with Crippen molar-refractivity contribution >= 4 is 75.2 Å². The number of allylic oxidation sites excluding steroid dienone is 2. The first-order valence-electron chi connectivity index (χ1n) is 13.6. The fourth-order valence-electron chi connectivity index (χ4n) is 4.28. The van der Waals surface area contributed by atoms with Crippen molar-refractivity contribution < 1.29 is 43.6 Å². The van der Waals surface area contributed by atoms with Gasteiger partial charge >= 0.3 is 11.9 Å². The number of carbonyl (C=O) groups excluding carboxylic acids is 3. The maximum absolute atomic E-state index is 13.3. The van der Waals surface area contributed by atoms with E-state index in [-0.39, 0.29) is 60.1 Å². The van der Waals surface area contributed by atoms with Gasteiger partial charge in [0, 0.05) is 36.7 Å². The Morgan fingerprint density at radius 1 is 1.28 bits per heavy atom. The number of Topliss-reactive ketones (excluding diaryl/α,β-unsaturated/α-hetero) is 1. The molecule has 0 aliphatic carbocycles. The Kier molecular flexibility index (Phi) is 10.3. The van der Waals surface area contributed by atoms with E-state index in [0.29, 0.717) is 11.3 Å². The van der Waals surface area contributed by atoms with E-state index >= 15 is 0 Å². The van der Waals surface area contributed by atoms with Crippen molar-refractivity contribution in [3.05, 3.63) is 41.8 Å². The molecule has 4 rings (SSSR count). The third-order valence-electron chi connectivity index (χ3n) is 6.71. The molecule has 0 radical (unpaired) electrons. The summed E-state index contributed by atoms with van der Waals surface area (Å²) < 4.78 is 5.57. The van der Waals surface area contributed by atoms with Gasteiger partial charge in [-0.3, -0.25) is 19.3 Å². The number of ketones is 1. The van der Waals surface area contributed by atoms with E-state index in [1.54, 1.807) is 22.9 Å². The Morgan fingerprint density at radius 2 is 2.02 bits per heavy atom. The lowest BCUT2D eigenvalue weighted by molar-refractivity contribution is -0.689. The fourth-order valence-corrected chi connectivity index (χ4v) is 6.10. The van der Waals surface area contributed by atoms with Gasteiger partial charge in [0.1, 0.15) is 18.4 Å². The molecule has 18 nitrogen and oxygen atoms in total. The van der Waals surface area contributed by atoms with Crippen LogP contribution in [-0.2, 0) is 35.4 Å². The number of fused-ring (bicyclic) bond motifs is 1. The van der Waals surface area contributed by atoms with Gasteiger partial charge in [0.25, 0.3) is 12.1 Å². The number of β-lactam (4-membered cyclic amide) rings is 1. The van der Waals surface area contributed by atoms with E-state index in [4.69, 9.17) is 22.0 Å². The highest BCUT2D eigenvalue weighted by Gasteiger charge is 2.54. The van der Waals surface area contributed by atoms with E-state index in [0.717, 1.165) is 16.4 Å². The standard InChI is InChI=1S/C26H30N10O8S2/c1-26(2,24(42)43)44-33-17(20-32-25(29)46-34-20)15(37)8-13-21(39)36-18(23(40)41)12(10-45-22(13)36)4-3-7-35-9-14(19(28)30-11-35)31-16(38)5-6-27/h3-4,9,11,13,22,28H,5-8,10,27H2,1-2H3,(H5,29,31,32,34,38,40,41,42,43)/p+1/b4-3+,33-17+/t13-,22?/m1/s1. The Morgan fingerprint density at radius 3 is 2.65 bits per heavy atom. The van der Waals surface area contributed by atoms with E-state index in [1.165, 1.54) is 31.9 Å². The number of thioether (sulfide) groups is 1. The van der Waals surface area contributed by atoms with Gasteiger partial charge in [0.05, 0.1) is 11.3 Å². The molecule has 1 unspecified atom stereocenters. The number of rotatable bonds is 14. The summed E-state index contributed by atoms with van der Waals surface area (Å²) in [4.78, 5) is 76.4. The number of aliphatic carboxylic acids is 2. The number of carboxylic acid groups (broad SMARTS) is 2. The number of carboxylic acids is 2. The average molecular weight is 676 g/mol. The number of aromatic nitrogens is 4. The van der Waals surface area contributed by atoms with Crippen LogP contribution >= 0.6 is 23.3 Å². The van der Waals surface area contributed by atoms with Gasteiger partial charge in [0.2, 0.25) is 23.2 Å². The number of nitrogen functional groups attached to an aromatic ring is 2. The number of carbonyl (C=O) groups is 5. The van der Waals surface area contributed by atoms with Gasteiger partial charge in [0.15, 0.2) is 22.3 Å². The lowest BCUT2D eigenvalue weighted by atomic mass is 9.89. The largest absolute Gasteiger partial charge is 0.478 e. The monoisotopic (exact) mass is 675 g/mol. The molecular formula is C26H31N10O8S2+. The molecule has 0 spiro atoms. The molecule has 0 aromatic carbocycles. The van der Waals surface area contributed by atoms with Crippen LogP contribution in [0.1, 0.15) is 32.5 Å². The number of anilines is 3. The van der Waals surface area contributed by atoms with E-state index < -0.39 is 46.2 Å². The lowest BCUT2D eigenvalue weighted by Crippen LogP contribution is -2.62. The van der Waals surface area contributed by atoms with Gasteiger partial charge in [-0.2, -0.15) is 9.36 Å². The van der Waals surface area contributed by atoms with Gasteiger partial charge < -0.3 is 37.6 Å². The molecule has 46 heavy (non-hydrogen) atoms. The van der Waals surface area contributed by atoms with Gasteiger partial charge in [-0.05, 0) is 30.5 Å². The summed E-state index contributed by atoms with van der Waals surface area (Å²) in [5.74, 6) is -5.01. The quantitative estimate of drug-likeness (QED) is 0.0627. The van der Waals surface area contributed by atoms with Crippen molar-refractivity contribution in [1.29, 1.82) is 0 Å². The lowest BCUT2D eigenvalue weighted by Gasteiger charge is -2.49. The van der Waals surface area contributed by atoms with E-state index in [1.807, 2.05) is 0 Å². The molecule has 2 aromatic heterocycles. The van der Waals surface area contributed by atoms with Crippen LogP contribution in [0.2, 0.25) is 0 Å². The zero-order valence-electron chi connectivity index (χ0n) is 24.6. The number of hydrogen-bond acceptors (Lipinski definition) is 15. The number of nitrogens with two attached hydrogens (primary N) is 3. The molecule has 2 aliphatic rings. The SMILES string of the molecule is CC(C)(O/N=C(\C(=O)C[C@@H]1C(=O)N2C(C(=O)O)=C(/C=C/C[n+]3cnc(N)c(NC(=O)CCN)c3)CSC12)c1nsc(N)n1)C(=O)O. The number of nitrogens with zero attached hydrogens (tertiary/aromatic N) is 6. The summed E-state index contributed by atoms with van der Waals surface area (Å²) in [6.45, 7) is 2.87. The smallest absolute Gasteiger partial charge is 0.352 e. The molecule has 1 saturated heterocycles. The van der Waals surface area contributed by atoms with Crippen LogP contribution in [0.15, 0.2) is 41.1 Å². The van der Waals surface area contributed by atoms with Gasteiger partial charge in [-0.15, -0.1) is 11.8 Å². The zero-order chi connectivity index (χ0) is 33.8. The summed E-state index contributed by atoms with van der Waals surface area (Å²) in [6, 6.07) is 0. The minimum atomic E-state index is -1.79. The fraction of sp³-hybridized carbons (Fsp3) is 0.385. The zero-order valence-corrected chi connectivity index (χ0v) is 26.2. The summed E-state index contributed by atoms with van der Waals surface area (Å²) in [7, 11) is 0. The molecule has 0 bridgehead atoms. The number of amides is 2. The highest BCUT2D eigenvalue weighted by atomic mass is 32.2. The molecule has 0 saturated carbocycles. The molecule has 2 aromatic rings. The molecule has 2 aliphatic heterocycles. The number of nitrogens with one attached hydrogen (secondary N) is 1. The van der Waals surface area contributed by atoms with Gasteiger partial charge in [-0.25, -0.2) is 14.2 Å². The highest BCUT2D eigenvalue weighted by Crippen LogP contribution is 2.45. The molecule has 244 valence electrons. The van der Waals surface area contributed by atoms with Crippen molar-refractivity contribution in [1.82, 2.24) is 19.2 Å². The number of hydrogen-bond donors (Lipinski definition) is 6. The van der Waals surface area contributed by atoms with Crippen LogP contribution in [0, 0.1) is 5.92 Å². The van der Waals surface area contributed by atoms with Crippen LogP contribution in [0.5, 0.6) is 0 Å². The summed E-state index contributed by atoms with van der Waals surface area (Å²) in [5, 5.41) is 25.1. The van der Waals surface area contributed by atoms with Crippen LogP contribution in [0.3, 0.4) is 0 Å². The summed E-state index contributed by atoms with van der Waals surface area (Å²) in [5.41, 5.74) is 15.2. The first kappa shape index (κ1) is 33.9. The van der Waals surface area contributed by atoms with Gasteiger partial charge in [-0.1, -0.05) is 11.2 Å². The second-order valence-electron chi connectivity index (χ2n) is 10.5. The molecule has 4 heterocycles. The first-order chi connectivity index (χ1) is 21.7. The molecule has 1 fully saturated rings. The van der Waals surface area contributed by atoms with Crippen LogP contribution < -0.4 is 27.1 Å². The van der Waals surface area contributed by atoms with Crippen molar-refractivity contribution in [3.63, 3.8) is 0 Å². The second-order valence-corrected chi connectivity index (χ2v) is 12.4. The van der Waals surface area contributed by atoms with E-state index in [9.17, 15) is 34.2 Å². The van der Waals surface area contributed by atoms with Crippen molar-refractivity contribution in [2.24, 2.45) is 16.8 Å². The Labute approximate surface area is 269 Å². The molecule has 2 amide bonds. The first-order valence-corrected chi connectivity index (χ1v) is 15.4. The van der Waals surface area contributed by atoms with Crippen molar-refractivity contribution in [2.45, 2.75) is 44.2 Å². The molecule has 2 atom stereocenters. The van der Waals surface area contributed by atoms with Crippen molar-refractivity contribution in [3.8, 4) is 0 Å². The van der Waals surface area contributed by atoms with Crippen molar-refractivity contribution in [2.75, 3.05) is 29.1 Å². The topological polar surface area (TPSA) is 283 Å². The number of oxime groups is 1. The predicted molar refractivity (Wildman–Crippen MR) is 165 cm³/mol.